The van der Waals surface area contributed by atoms with Crippen LogP contribution >= 0.6 is 0 Å². The van der Waals surface area contributed by atoms with Gasteiger partial charge in [-0.3, -0.25) is 5.43 Å². The zero-order valence-electron chi connectivity index (χ0n) is 11.3. The highest BCUT2D eigenvalue weighted by molar-refractivity contribution is 5.62. The van der Waals surface area contributed by atoms with Crippen molar-refractivity contribution in [3.8, 4) is 11.8 Å². The number of nitrogens with two attached hydrogens (primary N) is 1. The third kappa shape index (κ3) is 3.23. The van der Waals surface area contributed by atoms with E-state index in [1.165, 1.54) is 0 Å². The second-order valence-corrected chi connectivity index (χ2v) is 3.67. The fourth-order valence-electron chi connectivity index (χ4n) is 1.54. The lowest BCUT2D eigenvalue weighted by molar-refractivity contribution is 0.312. The Kier molecular flexibility index (Phi) is 4.51. The number of methoxy groups -OCH3 is 1. The molecule has 0 saturated carbocycles. The zero-order chi connectivity index (χ0) is 14.4. The molecule has 0 aliphatic heterocycles. The summed E-state index contributed by atoms with van der Waals surface area (Å²) in [6.45, 7) is 2.29. The van der Waals surface area contributed by atoms with Crippen LogP contribution < -0.4 is 26.1 Å². The molecule has 0 aliphatic carbocycles. The van der Waals surface area contributed by atoms with E-state index >= 15 is 0 Å². The third-order valence-electron chi connectivity index (χ3n) is 2.37. The fraction of sp³-hybridized carbons (Fsp3) is 0.250. The molecule has 0 saturated heterocycles. The van der Waals surface area contributed by atoms with Crippen LogP contribution in [0.4, 0.5) is 17.6 Å². The smallest absolute Gasteiger partial charge is 0.323 e. The minimum Gasteiger partial charge on any atom is -0.495 e. The van der Waals surface area contributed by atoms with Gasteiger partial charge in [-0.1, -0.05) is 12.1 Å². The number of ether oxygens (including phenoxy) is 2. The third-order valence-corrected chi connectivity index (χ3v) is 2.37. The number of nitrogens with one attached hydrogen (secondary N) is 2. The van der Waals surface area contributed by atoms with Crippen molar-refractivity contribution in [1.82, 2.24) is 15.0 Å². The van der Waals surface area contributed by atoms with Crippen LogP contribution in [0.3, 0.4) is 0 Å². The van der Waals surface area contributed by atoms with E-state index in [1.807, 2.05) is 31.2 Å². The normalized spacial score (nSPS) is 9.95. The molecule has 0 aliphatic rings. The van der Waals surface area contributed by atoms with Crippen molar-refractivity contribution < 1.29 is 9.47 Å². The zero-order valence-corrected chi connectivity index (χ0v) is 11.3. The minimum absolute atomic E-state index is 0.188. The average Bonchev–Trinajstić information content (AvgIpc) is 2.48. The number of hydrazine groups is 1. The number of nitrogen functional groups attached to an aromatic ring is 1. The van der Waals surface area contributed by atoms with E-state index in [2.05, 4.69) is 25.7 Å². The van der Waals surface area contributed by atoms with Gasteiger partial charge in [-0.25, -0.2) is 5.84 Å². The molecule has 0 spiro atoms. The van der Waals surface area contributed by atoms with Crippen molar-refractivity contribution in [3.63, 3.8) is 0 Å². The predicted octanol–water partition coefficient (Wildman–Crippen LogP) is 1.31. The molecule has 8 nitrogen and oxygen atoms in total. The summed E-state index contributed by atoms with van der Waals surface area (Å²) in [5, 5.41) is 3.03. The molecule has 1 heterocycles. The summed E-state index contributed by atoms with van der Waals surface area (Å²) < 4.78 is 10.5. The van der Waals surface area contributed by atoms with Gasteiger partial charge in [0.25, 0.3) is 0 Å². The number of benzene rings is 1. The Balaban J connectivity index is 2.30. The van der Waals surface area contributed by atoms with Crippen LogP contribution in [0.25, 0.3) is 0 Å². The van der Waals surface area contributed by atoms with Crippen molar-refractivity contribution >= 4 is 17.6 Å². The maximum absolute atomic E-state index is 5.32. The Morgan fingerprint density at radius 2 is 1.90 bits per heavy atom. The highest BCUT2D eigenvalue weighted by Crippen LogP contribution is 2.26. The van der Waals surface area contributed by atoms with Gasteiger partial charge in [-0.05, 0) is 19.1 Å². The molecule has 1 aromatic heterocycles. The Hall–Kier alpha value is -2.61. The molecule has 106 valence electrons. The molecular weight excluding hydrogens is 260 g/mol. The van der Waals surface area contributed by atoms with Crippen molar-refractivity contribution in [2.45, 2.75) is 6.92 Å². The molecule has 4 N–H and O–H groups in total. The fourth-order valence-corrected chi connectivity index (χ4v) is 1.54. The van der Waals surface area contributed by atoms with E-state index in [0.717, 1.165) is 5.69 Å². The largest absolute Gasteiger partial charge is 0.495 e. The van der Waals surface area contributed by atoms with Crippen molar-refractivity contribution in [2.24, 2.45) is 5.84 Å². The van der Waals surface area contributed by atoms with Gasteiger partial charge in [0.1, 0.15) is 5.75 Å². The van der Waals surface area contributed by atoms with Gasteiger partial charge in [-0.2, -0.15) is 15.0 Å². The van der Waals surface area contributed by atoms with Crippen molar-refractivity contribution in [2.75, 3.05) is 24.5 Å². The Morgan fingerprint density at radius 3 is 2.60 bits per heavy atom. The van der Waals surface area contributed by atoms with Crippen molar-refractivity contribution in [1.29, 1.82) is 0 Å². The van der Waals surface area contributed by atoms with Gasteiger partial charge in [0.05, 0.1) is 19.4 Å². The van der Waals surface area contributed by atoms with Gasteiger partial charge in [0.2, 0.25) is 11.9 Å². The van der Waals surface area contributed by atoms with Crippen LogP contribution in [0.1, 0.15) is 6.92 Å². The molecular formula is C12H16N6O2. The van der Waals surface area contributed by atoms with Gasteiger partial charge in [0.15, 0.2) is 0 Å². The summed E-state index contributed by atoms with van der Waals surface area (Å²) in [6, 6.07) is 7.61. The first-order valence-corrected chi connectivity index (χ1v) is 6.02. The molecule has 20 heavy (non-hydrogen) atoms. The molecule has 0 atom stereocenters. The van der Waals surface area contributed by atoms with Crippen molar-refractivity contribution in [3.05, 3.63) is 24.3 Å². The standard InChI is InChI=1S/C12H16N6O2/c1-3-20-12-16-10(15-11(17-12)18-13)14-8-6-4-5-7-9(8)19-2/h4-7H,3,13H2,1-2H3,(H2,14,15,16,17,18). The molecule has 1 aromatic carbocycles. The molecule has 2 rings (SSSR count). The lowest BCUT2D eigenvalue weighted by Crippen LogP contribution is -2.13. The van der Waals surface area contributed by atoms with Crippen LogP contribution in [0.2, 0.25) is 0 Å². The second kappa shape index (κ2) is 6.53. The van der Waals surface area contributed by atoms with E-state index in [9.17, 15) is 0 Å². The maximum Gasteiger partial charge on any atom is 0.323 e. The van der Waals surface area contributed by atoms with Crippen LogP contribution in [0, 0.1) is 0 Å². The monoisotopic (exact) mass is 276 g/mol. The molecule has 0 fully saturated rings. The predicted molar refractivity (Wildman–Crippen MR) is 75.1 cm³/mol. The number of anilines is 3. The van der Waals surface area contributed by atoms with Crippen LogP contribution in [0.5, 0.6) is 11.8 Å². The lowest BCUT2D eigenvalue weighted by atomic mass is 10.3. The maximum atomic E-state index is 5.32. The number of hydrogen-bond acceptors (Lipinski definition) is 8. The molecule has 8 heteroatoms. The highest BCUT2D eigenvalue weighted by atomic mass is 16.5. The number of rotatable bonds is 6. The first kappa shape index (κ1) is 13.8. The van der Waals surface area contributed by atoms with E-state index < -0.39 is 0 Å². The molecule has 0 unspecified atom stereocenters. The summed E-state index contributed by atoms with van der Waals surface area (Å²) in [4.78, 5) is 12.2. The lowest BCUT2D eigenvalue weighted by Gasteiger charge is -2.11. The summed E-state index contributed by atoms with van der Waals surface area (Å²) in [5.74, 6) is 6.51. The van der Waals surface area contributed by atoms with Gasteiger partial charge in [0, 0.05) is 0 Å². The van der Waals surface area contributed by atoms with Crippen LogP contribution in [-0.4, -0.2) is 28.7 Å². The van der Waals surface area contributed by atoms with Gasteiger partial charge in [-0.15, -0.1) is 0 Å². The Labute approximate surface area is 116 Å². The number of aromatic nitrogens is 3. The van der Waals surface area contributed by atoms with E-state index in [0.29, 0.717) is 18.3 Å². The minimum atomic E-state index is 0.188. The Morgan fingerprint density at radius 1 is 1.15 bits per heavy atom. The summed E-state index contributed by atoms with van der Waals surface area (Å²) in [5.41, 5.74) is 3.10. The van der Waals surface area contributed by atoms with E-state index in [1.54, 1.807) is 7.11 Å². The summed E-state index contributed by atoms with van der Waals surface area (Å²) in [7, 11) is 1.59. The number of hydrogen-bond donors (Lipinski definition) is 3. The highest BCUT2D eigenvalue weighted by Gasteiger charge is 2.09. The molecule has 0 bridgehead atoms. The molecule has 0 radical (unpaired) electrons. The van der Waals surface area contributed by atoms with Crippen LogP contribution in [-0.2, 0) is 0 Å². The van der Waals surface area contributed by atoms with E-state index in [4.69, 9.17) is 15.3 Å². The quantitative estimate of drug-likeness (QED) is 0.535. The van der Waals surface area contributed by atoms with Gasteiger partial charge < -0.3 is 14.8 Å². The molecule has 0 amide bonds. The van der Waals surface area contributed by atoms with Gasteiger partial charge >= 0.3 is 6.01 Å². The number of para-hydroxylation sites is 2. The van der Waals surface area contributed by atoms with Crippen LogP contribution in [0.15, 0.2) is 24.3 Å². The average molecular weight is 276 g/mol. The summed E-state index contributed by atoms with van der Waals surface area (Å²) >= 11 is 0. The molecule has 2 aromatic rings. The Bertz CT molecular complexity index is 578. The topological polar surface area (TPSA) is 107 Å². The number of nitrogens with zero attached hydrogens (tertiary/aromatic N) is 3. The first-order valence-electron chi connectivity index (χ1n) is 6.02. The van der Waals surface area contributed by atoms with E-state index in [-0.39, 0.29) is 12.0 Å². The second-order valence-electron chi connectivity index (χ2n) is 3.67. The first-order chi connectivity index (χ1) is 9.76. The summed E-state index contributed by atoms with van der Waals surface area (Å²) in [6.07, 6.45) is 0. The SMILES string of the molecule is CCOc1nc(NN)nc(Nc2ccccc2OC)n1.